The molecule has 2 rings (SSSR count). The molecule has 0 saturated heterocycles. The second-order valence-electron chi connectivity index (χ2n) is 4.02. The number of hydrogen-bond donors (Lipinski definition) is 1. The quantitative estimate of drug-likeness (QED) is 0.852. The maximum atomic E-state index is 11.2. The summed E-state index contributed by atoms with van der Waals surface area (Å²) in [6, 6.07) is 3.53. The summed E-state index contributed by atoms with van der Waals surface area (Å²) in [5, 5.41) is 3.79. The van der Waals surface area contributed by atoms with Crippen molar-refractivity contribution in [3.8, 4) is 5.75 Å². The van der Waals surface area contributed by atoms with E-state index >= 15 is 0 Å². The maximum Gasteiger partial charge on any atom is 0.217 e. The van der Waals surface area contributed by atoms with Gasteiger partial charge in [-0.05, 0) is 18.9 Å². The molecule has 1 amide bonds. The van der Waals surface area contributed by atoms with Crippen LogP contribution >= 0.6 is 23.2 Å². The van der Waals surface area contributed by atoms with Crippen LogP contribution in [-0.2, 0) is 4.79 Å². The Morgan fingerprint density at radius 2 is 2.24 bits per heavy atom. The van der Waals surface area contributed by atoms with Crippen molar-refractivity contribution in [3.05, 3.63) is 27.7 Å². The number of ether oxygens (including phenoxy) is 1. The average Bonchev–Trinajstić information content (AvgIpc) is 2.46. The third kappa shape index (κ3) is 2.67. The second kappa shape index (κ2) is 5.15. The van der Waals surface area contributed by atoms with Crippen molar-refractivity contribution in [2.75, 3.05) is 6.61 Å². The Hall–Kier alpha value is -0.930. The van der Waals surface area contributed by atoms with E-state index in [9.17, 15) is 4.79 Å². The van der Waals surface area contributed by atoms with E-state index in [1.165, 1.54) is 6.92 Å². The van der Waals surface area contributed by atoms with Crippen molar-refractivity contribution < 1.29 is 9.53 Å². The second-order valence-corrected chi connectivity index (χ2v) is 4.81. The van der Waals surface area contributed by atoms with Gasteiger partial charge in [-0.15, -0.1) is 0 Å². The molecule has 1 aromatic carbocycles. The minimum Gasteiger partial charge on any atom is -0.492 e. The third-order valence-electron chi connectivity index (χ3n) is 2.72. The van der Waals surface area contributed by atoms with Gasteiger partial charge in [-0.3, -0.25) is 4.79 Å². The van der Waals surface area contributed by atoms with Gasteiger partial charge in [0.2, 0.25) is 5.91 Å². The van der Waals surface area contributed by atoms with Crippen LogP contribution in [0.2, 0.25) is 10.0 Å². The number of amides is 1. The fourth-order valence-corrected chi connectivity index (χ4v) is 2.36. The van der Waals surface area contributed by atoms with Crippen LogP contribution in [0.5, 0.6) is 5.75 Å². The summed E-state index contributed by atoms with van der Waals surface area (Å²) in [6.07, 6.45) is 1.71. The summed E-state index contributed by atoms with van der Waals surface area (Å²) >= 11 is 12.1. The predicted octanol–water partition coefficient (Wildman–Crippen LogP) is 3.34. The lowest BCUT2D eigenvalue weighted by Gasteiger charge is -2.18. The van der Waals surface area contributed by atoms with Crippen molar-refractivity contribution in [3.63, 3.8) is 0 Å². The lowest BCUT2D eigenvalue weighted by Crippen LogP contribution is -2.25. The smallest absolute Gasteiger partial charge is 0.217 e. The molecule has 1 aromatic rings. The van der Waals surface area contributed by atoms with Crippen LogP contribution in [0.3, 0.4) is 0 Å². The van der Waals surface area contributed by atoms with Crippen molar-refractivity contribution in [2.45, 2.75) is 25.8 Å². The number of hydrogen-bond acceptors (Lipinski definition) is 2. The van der Waals surface area contributed by atoms with Gasteiger partial charge in [-0.25, -0.2) is 0 Å². The zero-order valence-corrected chi connectivity index (χ0v) is 10.9. The molecule has 1 aliphatic rings. The molecule has 0 fully saturated rings. The monoisotopic (exact) mass is 273 g/mol. The molecule has 0 radical (unpaired) electrons. The summed E-state index contributed by atoms with van der Waals surface area (Å²) in [4.78, 5) is 11.2. The number of rotatable bonds is 1. The Labute approximate surface area is 110 Å². The van der Waals surface area contributed by atoms with E-state index in [2.05, 4.69) is 5.32 Å². The van der Waals surface area contributed by atoms with Crippen LogP contribution in [0.15, 0.2) is 12.1 Å². The summed E-state index contributed by atoms with van der Waals surface area (Å²) in [5.41, 5.74) is 0.895. The molecular weight excluding hydrogens is 261 g/mol. The number of fused-ring (bicyclic) bond motifs is 1. The Morgan fingerprint density at radius 3 is 2.94 bits per heavy atom. The Kier molecular flexibility index (Phi) is 3.79. The molecule has 5 heteroatoms. The van der Waals surface area contributed by atoms with Crippen molar-refractivity contribution >= 4 is 29.1 Å². The molecular formula is C12H13Cl2NO2. The first-order chi connectivity index (χ1) is 8.09. The highest BCUT2D eigenvalue weighted by Gasteiger charge is 2.23. The zero-order chi connectivity index (χ0) is 12.4. The fourth-order valence-electron chi connectivity index (χ4n) is 1.98. The number of nitrogens with one attached hydrogen (secondary N) is 1. The van der Waals surface area contributed by atoms with Crippen LogP contribution in [0.25, 0.3) is 0 Å². The van der Waals surface area contributed by atoms with E-state index in [1.807, 2.05) is 6.07 Å². The summed E-state index contributed by atoms with van der Waals surface area (Å²) < 4.78 is 5.60. The highest BCUT2D eigenvalue weighted by atomic mass is 35.5. The van der Waals surface area contributed by atoms with E-state index in [-0.39, 0.29) is 11.9 Å². The molecule has 17 heavy (non-hydrogen) atoms. The number of carbonyl (C=O) groups is 1. The first kappa shape index (κ1) is 12.5. The number of carbonyl (C=O) groups excluding carboxylic acids is 1. The summed E-state index contributed by atoms with van der Waals surface area (Å²) in [6.45, 7) is 2.09. The molecule has 1 heterocycles. The lowest BCUT2D eigenvalue weighted by atomic mass is 10.0. The Balaban J connectivity index is 2.42. The van der Waals surface area contributed by atoms with Gasteiger partial charge in [0.25, 0.3) is 0 Å². The van der Waals surface area contributed by atoms with Crippen molar-refractivity contribution in [2.24, 2.45) is 0 Å². The topological polar surface area (TPSA) is 38.3 Å². The summed E-state index contributed by atoms with van der Waals surface area (Å²) in [5.74, 6) is 0.532. The van der Waals surface area contributed by atoms with Crippen LogP contribution < -0.4 is 10.1 Å². The molecule has 92 valence electrons. The van der Waals surface area contributed by atoms with E-state index < -0.39 is 0 Å². The molecule has 0 aliphatic carbocycles. The summed E-state index contributed by atoms with van der Waals surface area (Å²) in [7, 11) is 0. The molecule has 0 unspecified atom stereocenters. The van der Waals surface area contributed by atoms with Crippen molar-refractivity contribution in [1.82, 2.24) is 5.32 Å². The minimum atomic E-state index is -0.0612. The van der Waals surface area contributed by atoms with Gasteiger partial charge in [0.15, 0.2) is 0 Å². The standard InChI is InChI=1S/C12H13Cl2NO2/c1-7(16)15-10-3-2-6-17-12-8(10)4-5-9(13)11(12)14/h4-5,10H,2-3,6H2,1H3,(H,15,16)/t10-/m1/s1. The maximum absolute atomic E-state index is 11.2. The van der Waals surface area contributed by atoms with Crippen molar-refractivity contribution in [1.29, 1.82) is 0 Å². The molecule has 3 nitrogen and oxygen atoms in total. The largest absolute Gasteiger partial charge is 0.492 e. The number of halogens is 2. The molecule has 0 aromatic heterocycles. The first-order valence-electron chi connectivity index (χ1n) is 5.47. The van der Waals surface area contributed by atoms with Gasteiger partial charge >= 0.3 is 0 Å². The van der Waals surface area contributed by atoms with E-state index in [1.54, 1.807) is 6.07 Å². The fraction of sp³-hybridized carbons (Fsp3) is 0.417. The highest BCUT2D eigenvalue weighted by Crippen LogP contribution is 2.40. The Bertz CT molecular complexity index is 448. The highest BCUT2D eigenvalue weighted by molar-refractivity contribution is 6.43. The number of benzene rings is 1. The zero-order valence-electron chi connectivity index (χ0n) is 9.43. The van der Waals surface area contributed by atoms with Crippen LogP contribution in [-0.4, -0.2) is 12.5 Å². The minimum absolute atomic E-state index is 0.0558. The van der Waals surface area contributed by atoms with Gasteiger partial charge in [0.1, 0.15) is 10.8 Å². The molecule has 1 atom stereocenters. The van der Waals surface area contributed by atoms with Gasteiger partial charge < -0.3 is 10.1 Å². The lowest BCUT2D eigenvalue weighted by molar-refractivity contribution is -0.119. The van der Waals surface area contributed by atoms with E-state index in [4.69, 9.17) is 27.9 Å². The Morgan fingerprint density at radius 1 is 1.47 bits per heavy atom. The predicted molar refractivity (Wildman–Crippen MR) is 67.7 cm³/mol. The average molecular weight is 274 g/mol. The van der Waals surface area contributed by atoms with Gasteiger partial charge in [0, 0.05) is 12.5 Å². The first-order valence-corrected chi connectivity index (χ1v) is 6.23. The normalized spacial score (nSPS) is 18.9. The van der Waals surface area contributed by atoms with Crippen LogP contribution in [0.1, 0.15) is 31.4 Å². The van der Waals surface area contributed by atoms with E-state index in [0.717, 1.165) is 18.4 Å². The SMILES string of the molecule is CC(=O)N[C@@H]1CCCOc2c1ccc(Cl)c2Cl. The third-order valence-corrected chi connectivity index (χ3v) is 3.50. The van der Waals surface area contributed by atoms with Gasteiger partial charge in [-0.1, -0.05) is 29.3 Å². The molecule has 0 saturated carbocycles. The molecule has 1 N–H and O–H groups in total. The van der Waals surface area contributed by atoms with Gasteiger partial charge in [-0.2, -0.15) is 0 Å². The van der Waals surface area contributed by atoms with Crippen LogP contribution in [0.4, 0.5) is 0 Å². The van der Waals surface area contributed by atoms with Crippen LogP contribution in [0, 0.1) is 0 Å². The van der Waals surface area contributed by atoms with Gasteiger partial charge in [0.05, 0.1) is 17.7 Å². The molecule has 1 aliphatic heterocycles. The molecule has 0 bridgehead atoms. The molecule has 0 spiro atoms. The van der Waals surface area contributed by atoms with E-state index in [0.29, 0.717) is 22.4 Å².